The van der Waals surface area contributed by atoms with Gasteiger partial charge in [0.25, 0.3) is 11.8 Å². The van der Waals surface area contributed by atoms with Gasteiger partial charge in [-0.2, -0.15) is 0 Å². The molecule has 1 saturated heterocycles. The number of amides is 2. The summed E-state index contributed by atoms with van der Waals surface area (Å²) in [6.45, 7) is 3.78. The molecule has 0 spiro atoms. The number of hydrogen-bond donors (Lipinski definition) is 2. The van der Waals surface area contributed by atoms with Gasteiger partial charge in [-0.15, -0.1) is 0 Å². The summed E-state index contributed by atoms with van der Waals surface area (Å²) in [5.41, 5.74) is 2.71. The molecule has 2 aliphatic rings. The summed E-state index contributed by atoms with van der Waals surface area (Å²) in [5, 5.41) is 6.22. The average molecular weight is 479 g/mol. The molecule has 0 radical (unpaired) electrons. The Morgan fingerprint density at radius 1 is 1.14 bits per heavy atom. The number of nitrogens with one attached hydrogen (secondary N) is 2. The van der Waals surface area contributed by atoms with Crippen LogP contribution in [0.2, 0.25) is 0 Å². The Morgan fingerprint density at radius 3 is 2.80 bits per heavy atom. The smallest absolute Gasteiger partial charge is 0.311 e. The number of rotatable bonds is 6. The molecule has 0 atom stereocenters. The van der Waals surface area contributed by atoms with E-state index in [9.17, 15) is 9.59 Å². The Hall–Kier alpha value is -4.12. The maximum atomic E-state index is 13.0. The lowest BCUT2D eigenvalue weighted by Gasteiger charge is -2.24. The Balaban J connectivity index is 1.33. The van der Waals surface area contributed by atoms with Crippen LogP contribution in [0.15, 0.2) is 41.2 Å². The predicted octanol–water partition coefficient (Wildman–Crippen LogP) is 2.30. The molecule has 1 aromatic carbocycles. The molecular formula is C24H26N6O5. The number of hydrogen-bond acceptors (Lipinski definition) is 9. The highest BCUT2D eigenvalue weighted by Gasteiger charge is 2.33. The molecule has 0 unspecified atom stereocenters. The fourth-order valence-electron chi connectivity index (χ4n) is 4.33. The van der Waals surface area contributed by atoms with Crippen molar-refractivity contribution in [3.8, 4) is 11.5 Å². The van der Waals surface area contributed by atoms with Gasteiger partial charge in [-0.3, -0.25) is 19.5 Å². The van der Waals surface area contributed by atoms with Gasteiger partial charge in [0.1, 0.15) is 0 Å². The minimum Gasteiger partial charge on any atom is -0.493 e. The van der Waals surface area contributed by atoms with Crippen LogP contribution in [-0.2, 0) is 6.54 Å². The number of benzene rings is 1. The van der Waals surface area contributed by atoms with Crippen molar-refractivity contribution in [2.24, 2.45) is 0 Å². The molecule has 11 heteroatoms. The minimum atomic E-state index is -0.522. The molecule has 11 nitrogen and oxygen atoms in total. The number of pyridine rings is 1. The van der Waals surface area contributed by atoms with Crippen LogP contribution >= 0.6 is 0 Å². The van der Waals surface area contributed by atoms with Gasteiger partial charge in [-0.1, -0.05) is 0 Å². The highest BCUT2D eigenvalue weighted by atomic mass is 16.5. The lowest BCUT2D eigenvalue weighted by atomic mass is 10.1. The topological polar surface area (TPSA) is 122 Å². The Morgan fingerprint density at radius 2 is 1.97 bits per heavy atom. The third-order valence-electron chi connectivity index (χ3n) is 6.09. The van der Waals surface area contributed by atoms with Crippen molar-refractivity contribution in [1.82, 2.24) is 15.3 Å². The summed E-state index contributed by atoms with van der Waals surface area (Å²) in [6, 6.07) is 5.28. The molecule has 2 amide bonds. The van der Waals surface area contributed by atoms with E-state index in [4.69, 9.17) is 13.9 Å². The standard InChI is InChI=1S/C24H26N6O5/c1-33-19-10-15-14-30(24(32)16(15)11-20(19)34-2)21-13-27-23(35-21)22(31)28-17-12-26-6-4-18(17)29-8-3-5-25-7-9-29/h4,6,10-13,25H,3,5,7-9,14H2,1-2H3,(H,28,31). The summed E-state index contributed by atoms with van der Waals surface area (Å²) >= 11 is 0. The summed E-state index contributed by atoms with van der Waals surface area (Å²) in [6.07, 6.45) is 5.69. The van der Waals surface area contributed by atoms with Crippen LogP contribution in [0.5, 0.6) is 11.5 Å². The van der Waals surface area contributed by atoms with Gasteiger partial charge in [0.2, 0.25) is 5.88 Å². The summed E-state index contributed by atoms with van der Waals surface area (Å²) in [4.78, 5) is 37.9. The predicted molar refractivity (Wildman–Crippen MR) is 128 cm³/mol. The summed E-state index contributed by atoms with van der Waals surface area (Å²) < 4.78 is 16.3. The van der Waals surface area contributed by atoms with E-state index in [1.807, 2.05) is 6.07 Å². The zero-order chi connectivity index (χ0) is 24.4. The van der Waals surface area contributed by atoms with Crippen LogP contribution in [0.1, 0.15) is 33.0 Å². The van der Waals surface area contributed by atoms with Crippen molar-refractivity contribution in [2.75, 3.05) is 55.5 Å². The highest BCUT2D eigenvalue weighted by molar-refractivity contribution is 6.10. The quantitative estimate of drug-likeness (QED) is 0.549. The molecule has 35 heavy (non-hydrogen) atoms. The third-order valence-corrected chi connectivity index (χ3v) is 6.09. The monoisotopic (exact) mass is 478 g/mol. The number of ether oxygens (including phenoxy) is 2. The SMILES string of the molecule is COc1cc2c(cc1OC)C(=O)N(c1cnc(C(=O)Nc3cnccc3N3CCCNCC3)o1)C2. The Kier molecular flexibility index (Phi) is 6.23. The fourth-order valence-corrected chi connectivity index (χ4v) is 4.33. The van der Waals surface area contributed by atoms with Crippen LogP contribution < -0.4 is 29.9 Å². The van der Waals surface area contributed by atoms with Crippen LogP contribution in [-0.4, -0.2) is 62.2 Å². The highest BCUT2D eigenvalue weighted by Crippen LogP contribution is 2.37. The largest absolute Gasteiger partial charge is 0.493 e. The second-order valence-corrected chi connectivity index (χ2v) is 8.20. The van der Waals surface area contributed by atoms with Crippen LogP contribution in [0.3, 0.4) is 0 Å². The number of methoxy groups -OCH3 is 2. The molecule has 2 aromatic heterocycles. The number of carbonyl (C=O) groups is 2. The lowest BCUT2D eigenvalue weighted by Crippen LogP contribution is -2.29. The van der Waals surface area contributed by atoms with Gasteiger partial charge in [0.05, 0.1) is 44.5 Å². The first-order valence-electron chi connectivity index (χ1n) is 11.3. The molecule has 182 valence electrons. The van der Waals surface area contributed by atoms with Gasteiger partial charge < -0.3 is 29.4 Å². The van der Waals surface area contributed by atoms with E-state index in [1.54, 1.807) is 24.5 Å². The van der Waals surface area contributed by atoms with E-state index >= 15 is 0 Å². The van der Waals surface area contributed by atoms with Gasteiger partial charge in [0.15, 0.2) is 11.5 Å². The van der Waals surface area contributed by atoms with Crippen molar-refractivity contribution in [3.05, 3.63) is 53.8 Å². The van der Waals surface area contributed by atoms with Crippen molar-refractivity contribution in [3.63, 3.8) is 0 Å². The summed E-state index contributed by atoms with van der Waals surface area (Å²) in [7, 11) is 3.05. The molecule has 1 fully saturated rings. The average Bonchev–Trinajstić information content (AvgIpc) is 3.38. The Bertz CT molecular complexity index is 1250. The van der Waals surface area contributed by atoms with Gasteiger partial charge in [-0.25, -0.2) is 4.98 Å². The van der Waals surface area contributed by atoms with Crippen molar-refractivity contribution < 1.29 is 23.5 Å². The molecular weight excluding hydrogens is 452 g/mol. The number of nitrogens with zero attached hydrogens (tertiary/aromatic N) is 4. The van der Waals surface area contributed by atoms with E-state index in [0.29, 0.717) is 22.7 Å². The maximum absolute atomic E-state index is 13.0. The third kappa shape index (κ3) is 4.37. The van der Waals surface area contributed by atoms with Crippen molar-refractivity contribution in [1.29, 1.82) is 0 Å². The number of aromatic nitrogens is 2. The van der Waals surface area contributed by atoms with Gasteiger partial charge in [-0.05, 0) is 36.7 Å². The van der Waals surface area contributed by atoms with E-state index < -0.39 is 5.91 Å². The van der Waals surface area contributed by atoms with Crippen LogP contribution in [0, 0.1) is 0 Å². The van der Waals surface area contributed by atoms with E-state index in [-0.39, 0.29) is 24.2 Å². The second-order valence-electron chi connectivity index (χ2n) is 8.20. The zero-order valence-corrected chi connectivity index (χ0v) is 19.5. The molecule has 0 saturated carbocycles. The van der Waals surface area contributed by atoms with E-state index in [2.05, 4.69) is 25.5 Å². The maximum Gasteiger partial charge on any atom is 0.311 e. The van der Waals surface area contributed by atoms with Crippen molar-refractivity contribution >= 4 is 29.1 Å². The van der Waals surface area contributed by atoms with Crippen LogP contribution in [0.25, 0.3) is 0 Å². The lowest BCUT2D eigenvalue weighted by molar-refractivity contribution is 0.0972. The van der Waals surface area contributed by atoms with Crippen LogP contribution in [0.4, 0.5) is 17.3 Å². The number of carbonyl (C=O) groups excluding carboxylic acids is 2. The molecule has 5 rings (SSSR count). The fraction of sp³-hybridized carbons (Fsp3) is 0.333. The first kappa shape index (κ1) is 22.7. The molecule has 2 aliphatic heterocycles. The second kappa shape index (κ2) is 9.63. The molecule has 0 aliphatic carbocycles. The van der Waals surface area contributed by atoms with Gasteiger partial charge in [0, 0.05) is 31.4 Å². The first-order valence-corrected chi connectivity index (χ1v) is 11.3. The summed E-state index contributed by atoms with van der Waals surface area (Å²) in [5.74, 6) is 0.238. The van der Waals surface area contributed by atoms with Crippen molar-refractivity contribution in [2.45, 2.75) is 13.0 Å². The normalized spacial score (nSPS) is 15.5. The minimum absolute atomic E-state index is 0.147. The number of anilines is 3. The van der Waals surface area contributed by atoms with Gasteiger partial charge >= 0.3 is 5.91 Å². The molecule has 2 N–H and O–H groups in total. The molecule has 3 aromatic rings. The molecule has 0 bridgehead atoms. The first-order chi connectivity index (χ1) is 17.1. The Labute approximate surface area is 202 Å². The van der Waals surface area contributed by atoms with E-state index in [0.717, 1.165) is 43.9 Å². The molecule has 4 heterocycles. The number of fused-ring (bicyclic) bond motifs is 1. The van der Waals surface area contributed by atoms with E-state index in [1.165, 1.54) is 25.3 Å². The zero-order valence-electron chi connectivity index (χ0n) is 19.5. The number of oxazole rings is 1.